The summed E-state index contributed by atoms with van der Waals surface area (Å²) in [4.78, 5) is 24.2. The lowest BCUT2D eigenvalue weighted by Gasteiger charge is -2.09. The summed E-state index contributed by atoms with van der Waals surface area (Å²) < 4.78 is 12.3. The number of rotatable bonds is 8. The molecule has 0 bridgehead atoms. The molecule has 0 atom stereocenters. The Hall–Kier alpha value is -3.52. The zero-order valence-electron chi connectivity index (χ0n) is 17.2. The fourth-order valence-electron chi connectivity index (χ4n) is 2.77. The van der Waals surface area contributed by atoms with Gasteiger partial charge in [0, 0.05) is 17.6 Å². The fraction of sp³-hybridized carbons (Fsp3) is 0.227. The van der Waals surface area contributed by atoms with Crippen LogP contribution in [0.4, 0.5) is 0 Å². The molecule has 0 saturated heterocycles. The van der Waals surface area contributed by atoms with Gasteiger partial charge in [0.25, 0.3) is 5.91 Å². The standard InChI is InChI=1S/C22H23ClN4O4/c1-15-14-16(23)5-10-20(15)31-13-3-4-21(28)24-25-22(29)19-11-12-27(26-19)17-6-8-18(30-2)9-7-17/h5-12,14H,3-4,13H2,1-2H3,(H,24,28)(H,25,29). The van der Waals surface area contributed by atoms with Crippen LogP contribution >= 0.6 is 11.6 Å². The van der Waals surface area contributed by atoms with Crippen LogP contribution < -0.4 is 20.3 Å². The van der Waals surface area contributed by atoms with Crippen LogP contribution in [0, 0.1) is 6.92 Å². The van der Waals surface area contributed by atoms with Gasteiger partial charge in [-0.3, -0.25) is 20.4 Å². The van der Waals surface area contributed by atoms with E-state index in [9.17, 15) is 9.59 Å². The molecule has 0 aliphatic carbocycles. The summed E-state index contributed by atoms with van der Waals surface area (Å²) in [5, 5.41) is 4.87. The molecule has 0 fully saturated rings. The zero-order chi connectivity index (χ0) is 22.2. The van der Waals surface area contributed by atoms with Crippen molar-refractivity contribution >= 4 is 23.4 Å². The van der Waals surface area contributed by atoms with Crippen LogP contribution in [0.5, 0.6) is 11.5 Å². The number of aromatic nitrogens is 2. The molecule has 3 aromatic rings. The number of halogens is 1. The number of carbonyl (C=O) groups is 2. The maximum Gasteiger partial charge on any atom is 0.290 e. The molecule has 0 unspecified atom stereocenters. The van der Waals surface area contributed by atoms with Crippen molar-refractivity contribution in [3.63, 3.8) is 0 Å². The van der Waals surface area contributed by atoms with Crippen LogP contribution in [-0.4, -0.2) is 35.3 Å². The van der Waals surface area contributed by atoms with Gasteiger partial charge in [-0.05, 0) is 67.4 Å². The average Bonchev–Trinajstić information content (AvgIpc) is 3.27. The highest BCUT2D eigenvalue weighted by molar-refractivity contribution is 6.30. The molecular formula is C22H23ClN4O4. The Kier molecular flexibility index (Phi) is 7.50. The first-order valence-corrected chi connectivity index (χ1v) is 10.0. The Morgan fingerprint density at radius 2 is 1.87 bits per heavy atom. The summed E-state index contributed by atoms with van der Waals surface area (Å²) >= 11 is 5.91. The predicted octanol–water partition coefficient (Wildman–Crippen LogP) is 3.46. The van der Waals surface area contributed by atoms with E-state index < -0.39 is 5.91 Å². The highest BCUT2D eigenvalue weighted by atomic mass is 35.5. The van der Waals surface area contributed by atoms with Crippen molar-refractivity contribution in [1.29, 1.82) is 0 Å². The largest absolute Gasteiger partial charge is 0.497 e. The molecule has 162 valence electrons. The van der Waals surface area contributed by atoms with Crippen molar-refractivity contribution in [3.05, 3.63) is 71.0 Å². The number of methoxy groups -OCH3 is 1. The number of nitrogens with one attached hydrogen (secondary N) is 2. The number of hydrogen-bond donors (Lipinski definition) is 2. The molecule has 2 aromatic carbocycles. The van der Waals surface area contributed by atoms with Crippen molar-refractivity contribution in [2.45, 2.75) is 19.8 Å². The first-order valence-electron chi connectivity index (χ1n) is 9.64. The molecule has 1 heterocycles. The Morgan fingerprint density at radius 3 is 2.58 bits per heavy atom. The summed E-state index contributed by atoms with van der Waals surface area (Å²) in [6.07, 6.45) is 2.36. The molecule has 0 aliphatic rings. The van der Waals surface area contributed by atoms with Crippen molar-refractivity contribution in [2.24, 2.45) is 0 Å². The van der Waals surface area contributed by atoms with E-state index in [0.717, 1.165) is 22.7 Å². The van der Waals surface area contributed by atoms with Crippen molar-refractivity contribution in [3.8, 4) is 17.2 Å². The summed E-state index contributed by atoms with van der Waals surface area (Å²) in [5.74, 6) is 0.629. The smallest absolute Gasteiger partial charge is 0.290 e. The first-order chi connectivity index (χ1) is 15.0. The molecule has 8 nitrogen and oxygen atoms in total. The van der Waals surface area contributed by atoms with E-state index >= 15 is 0 Å². The molecule has 0 saturated carbocycles. The normalized spacial score (nSPS) is 10.4. The van der Waals surface area contributed by atoms with E-state index in [-0.39, 0.29) is 18.0 Å². The molecule has 2 N–H and O–H groups in total. The van der Waals surface area contributed by atoms with E-state index in [1.165, 1.54) is 0 Å². The summed E-state index contributed by atoms with van der Waals surface area (Å²) in [6.45, 7) is 2.27. The van der Waals surface area contributed by atoms with Gasteiger partial charge in [-0.15, -0.1) is 0 Å². The molecule has 0 aliphatic heterocycles. The number of hydrogen-bond acceptors (Lipinski definition) is 5. The second-order valence-corrected chi connectivity index (χ2v) is 7.14. The van der Waals surface area contributed by atoms with E-state index in [0.29, 0.717) is 18.1 Å². The number of amides is 2. The lowest BCUT2D eigenvalue weighted by Crippen LogP contribution is -2.41. The van der Waals surface area contributed by atoms with Crippen LogP contribution in [0.25, 0.3) is 5.69 Å². The van der Waals surface area contributed by atoms with Crippen molar-refractivity contribution in [1.82, 2.24) is 20.6 Å². The average molecular weight is 443 g/mol. The number of aryl methyl sites for hydroxylation is 1. The number of ether oxygens (including phenoxy) is 2. The zero-order valence-corrected chi connectivity index (χ0v) is 18.0. The van der Waals surface area contributed by atoms with Gasteiger partial charge in [-0.1, -0.05) is 11.6 Å². The molecule has 0 radical (unpaired) electrons. The quantitative estimate of drug-likeness (QED) is 0.411. The minimum absolute atomic E-state index is 0.178. The summed E-state index contributed by atoms with van der Waals surface area (Å²) in [7, 11) is 1.59. The maximum absolute atomic E-state index is 12.2. The van der Waals surface area contributed by atoms with Gasteiger partial charge in [0.2, 0.25) is 5.91 Å². The van der Waals surface area contributed by atoms with Gasteiger partial charge in [-0.25, -0.2) is 4.68 Å². The van der Waals surface area contributed by atoms with Crippen LogP contribution in [-0.2, 0) is 4.79 Å². The Morgan fingerprint density at radius 1 is 1.10 bits per heavy atom. The summed E-state index contributed by atoms with van der Waals surface area (Å²) in [6, 6.07) is 14.2. The topological polar surface area (TPSA) is 94.5 Å². The Labute approximate surface area is 185 Å². The van der Waals surface area contributed by atoms with Crippen LogP contribution in [0.2, 0.25) is 5.02 Å². The molecule has 9 heteroatoms. The second-order valence-electron chi connectivity index (χ2n) is 6.71. The second kappa shape index (κ2) is 10.5. The number of benzene rings is 2. The third kappa shape index (κ3) is 6.23. The van der Waals surface area contributed by atoms with Gasteiger partial charge in [-0.2, -0.15) is 5.10 Å². The highest BCUT2D eigenvalue weighted by Gasteiger charge is 2.11. The highest BCUT2D eigenvalue weighted by Crippen LogP contribution is 2.22. The number of carbonyl (C=O) groups excluding carboxylic acids is 2. The van der Waals surface area contributed by atoms with Gasteiger partial charge in [0.15, 0.2) is 5.69 Å². The van der Waals surface area contributed by atoms with E-state index in [1.54, 1.807) is 48.3 Å². The molecule has 1 aromatic heterocycles. The van der Waals surface area contributed by atoms with E-state index in [2.05, 4.69) is 16.0 Å². The lowest BCUT2D eigenvalue weighted by molar-refractivity contribution is -0.122. The van der Waals surface area contributed by atoms with Gasteiger partial charge in [0.1, 0.15) is 11.5 Å². The first kappa shape index (κ1) is 22.2. The SMILES string of the molecule is COc1ccc(-n2ccc(C(=O)NNC(=O)CCCOc3ccc(Cl)cc3C)n2)cc1. The van der Waals surface area contributed by atoms with Gasteiger partial charge in [0.05, 0.1) is 19.4 Å². The van der Waals surface area contributed by atoms with Crippen LogP contribution in [0.3, 0.4) is 0 Å². The fourth-order valence-corrected chi connectivity index (χ4v) is 2.99. The number of hydrazine groups is 1. The predicted molar refractivity (Wildman–Crippen MR) is 117 cm³/mol. The Bertz CT molecular complexity index is 1050. The molecule has 0 spiro atoms. The van der Waals surface area contributed by atoms with Crippen molar-refractivity contribution in [2.75, 3.05) is 13.7 Å². The third-order valence-corrected chi connectivity index (χ3v) is 4.65. The van der Waals surface area contributed by atoms with Gasteiger partial charge >= 0.3 is 0 Å². The van der Waals surface area contributed by atoms with E-state index in [1.807, 2.05) is 25.1 Å². The van der Waals surface area contributed by atoms with Crippen LogP contribution in [0.1, 0.15) is 28.9 Å². The summed E-state index contributed by atoms with van der Waals surface area (Å²) in [5.41, 5.74) is 6.64. The van der Waals surface area contributed by atoms with E-state index in [4.69, 9.17) is 21.1 Å². The minimum atomic E-state index is -0.506. The number of nitrogens with zero attached hydrogens (tertiary/aromatic N) is 2. The maximum atomic E-state index is 12.2. The monoisotopic (exact) mass is 442 g/mol. The lowest BCUT2D eigenvalue weighted by atomic mass is 10.2. The Balaban J connectivity index is 1.40. The van der Waals surface area contributed by atoms with Gasteiger partial charge < -0.3 is 9.47 Å². The molecule has 31 heavy (non-hydrogen) atoms. The molecule has 3 rings (SSSR count). The van der Waals surface area contributed by atoms with Crippen LogP contribution in [0.15, 0.2) is 54.7 Å². The molecular weight excluding hydrogens is 420 g/mol. The third-order valence-electron chi connectivity index (χ3n) is 4.42. The minimum Gasteiger partial charge on any atom is -0.497 e. The molecule has 2 amide bonds. The van der Waals surface area contributed by atoms with Crippen molar-refractivity contribution < 1.29 is 19.1 Å².